The molecule has 3 N–H and O–H groups in total. The summed E-state index contributed by atoms with van der Waals surface area (Å²) in [6.07, 6.45) is 1.43. The number of hydrogen-bond donors (Lipinski definition) is 3. The molecule has 0 spiro atoms. The molecule has 8 nitrogen and oxygen atoms in total. The number of carbonyl (C=O) groups is 1. The van der Waals surface area contributed by atoms with Crippen molar-refractivity contribution in [2.75, 3.05) is 17.2 Å². The summed E-state index contributed by atoms with van der Waals surface area (Å²) < 4.78 is 7.70. The Kier molecular flexibility index (Phi) is 5.69. The van der Waals surface area contributed by atoms with Crippen LogP contribution in [-0.4, -0.2) is 32.4 Å². The van der Waals surface area contributed by atoms with E-state index in [2.05, 4.69) is 36.6 Å². The number of carbonyl (C=O) groups excluding carboxylic acids is 1. The maximum absolute atomic E-state index is 13.4. The number of fused-ring (bicyclic) bond motifs is 1. The summed E-state index contributed by atoms with van der Waals surface area (Å²) in [5, 5.41) is 20.8. The zero-order valence-electron chi connectivity index (χ0n) is 17.3. The molecule has 0 saturated heterocycles. The number of nitrogens with one attached hydrogen (secondary N) is 2. The highest BCUT2D eigenvalue weighted by Crippen LogP contribution is 2.42. The summed E-state index contributed by atoms with van der Waals surface area (Å²) in [4.78, 5) is 17.7. The zero-order valence-corrected chi connectivity index (χ0v) is 18.9. The fraction of sp³-hybridized carbons (Fsp3) is 0.227. The van der Waals surface area contributed by atoms with E-state index in [1.807, 2.05) is 45.0 Å². The van der Waals surface area contributed by atoms with Gasteiger partial charge >= 0.3 is 0 Å². The Balaban J connectivity index is 1.81. The second-order valence-electron chi connectivity index (χ2n) is 7.20. The van der Waals surface area contributed by atoms with Crippen molar-refractivity contribution in [3.05, 3.63) is 69.6 Å². The van der Waals surface area contributed by atoms with E-state index in [4.69, 9.17) is 4.74 Å². The Labute approximate surface area is 188 Å². The molecule has 4 rings (SSSR count). The Hall–Kier alpha value is -3.33. The summed E-state index contributed by atoms with van der Waals surface area (Å²) in [7, 11) is 0. The van der Waals surface area contributed by atoms with Gasteiger partial charge in [0, 0.05) is 11.4 Å². The SMILES string of the molecule is CCOc1cc(C2C(C(=O)Nc3cccc(C)c3)=C(C)Nc3ncnn32)cc(Br)c1O. The zero-order chi connectivity index (χ0) is 22.1. The van der Waals surface area contributed by atoms with E-state index in [1.165, 1.54) is 6.33 Å². The van der Waals surface area contributed by atoms with Gasteiger partial charge in [-0.3, -0.25) is 4.79 Å². The number of ether oxygens (including phenoxy) is 1. The minimum atomic E-state index is -0.570. The highest BCUT2D eigenvalue weighted by Gasteiger charge is 2.34. The Morgan fingerprint density at radius 3 is 2.87 bits per heavy atom. The van der Waals surface area contributed by atoms with Crippen molar-refractivity contribution in [1.29, 1.82) is 0 Å². The van der Waals surface area contributed by atoms with Crippen LogP contribution in [0.3, 0.4) is 0 Å². The average Bonchev–Trinajstić information content (AvgIpc) is 3.18. The predicted octanol–water partition coefficient (Wildman–Crippen LogP) is 4.38. The minimum Gasteiger partial charge on any atom is -0.503 e. The lowest BCUT2D eigenvalue weighted by atomic mass is 9.94. The lowest BCUT2D eigenvalue weighted by Gasteiger charge is -2.29. The van der Waals surface area contributed by atoms with Gasteiger partial charge < -0.3 is 20.5 Å². The normalized spacial score (nSPS) is 15.3. The summed E-state index contributed by atoms with van der Waals surface area (Å²) >= 11 is 3.39. The van der Waals surface area contributed by atoms with Crippen LogP contribution in [0.1, 0.15) is 31.0 Å². The molecule has 1 amide bonds. The summed E-state index contributed by atoms with van der Waals surface area (Å²) in [5.74, 6) is 0.591. The van der Waals surface area contributed by atoms with Crippen LogP contribution in [0.15, 0.2) is 58.5 Å². The summed E-state index contributed by atoms with van der Waals surface area (Å²) in [6.45, 7) is 6.02. The van der Waals surface area contributed by atoms with Crippen molar-refractivity contribution in [1.82, 2.24) is 14.8 Å². The summed E-state index contributed by atoms with van der Waals surface area (Å²) in [5.41, 5.74) is 3.62. The molecule has 1 aliphatic rings. The number of aromatic hydroxyl groups is 1. The third-order valence-corrected chi connectivity index (χ3v) is 5.59. The maximum Gasteiger partial charge on any atom is 0.255 e. The maximum atomic E-state index is 13.4. The van der Waals surface area contributed by atoms with E-state index >= 15 is 0 Å². The first-order chi connectivity index (χ1) is 14.9. The number of nitrogens with zero attached hydrogens (tertiary/aromatic N) is 3. The minimum absolute atomic E-state index is 0.00446. The van der Waals surface area contributed by atoms with Crippen LogP contribution >= 0.6 is 15.9 Å². The first-order valence-electron chi connectivity index (χ1n) is 9.79. The number of amides is 1. The monoisotopic (exact) mass is 483 g/mol. The molecule has 0 bridgehead atoms. The average molecular weight is 484 g/mol. The van der Waals surface area contributed by atoms with E-state index in [9.17, 15) is 9.90 Å². The molecule has 31 heavy (non-hydrogen) atoms. The van der Waals surface area contributed by atoms with Crippen LogP contribution in [0.4, 0.5) is 11.6 Å². The van der Waals surface area contributed by atoms with Gasteiger partial charge in [0.25, 0.3) is 5.91 Å². The molecular formula is C22H22BrN5O3. The fourth-order valence-corrected chi connectivity index (χ4v) is 4.09. The van der Waals surface area contributed by atoms with Gasteiger partial charge in [-0.15, -0.1) is 0 Å². The van der Waals surface area contributed by atoms with E-state index in [0.717, 1.165) is 11.1 Å². The molecule has 1 atom stereocenters. The lowest BCUT2D eigenvalue weighted by Crippen LogP contribution is -2.31. The van der Waals surface area contributed by atoms with Crippen molar-refractivity contribution in [2.45, 2.75) is 26.8 Å². The van der Waals surface area contributed by atoms with Crippen LogP contribution in [-0.2, 0) is 4.79 Å². The van der Waals surface area contributed by atoms with Gasteiger partial charge in [-0.2, -0.15) is 10.1 Å². The number of benzene rings is 2. The van der Waals surface area contributed by atoms with Gasteiger partial charge in [-0.05, 0) is 72.1 Å². The quantitative estimate of drug-likeness (QED) is 0.497. The van der Waals surface area contributed by atoms with E-state index in [0.29, 0.717) is 39.7 Å². The van der Waals surface area contributed by atoms with Gasteiger partial charge in [0.1, 0.15) is 12.4 Å². The molecule has 0 aliphatic carbocycles. The van der Waals surface area contributed by atoms with Gasteiger partial charge in [0.05, 0.1) is 16.7 Å². The lowest BCUT2D eigenvalue weighted by molar-refractivity contribution is -0.113. The van der Waals surface area contributed by atoms with Gasteiger partial charge in [-0.25, -0.2) is 4.68 Å². The predicted molar refractivity (Wildman–Crippen MR) is 121 cm³/mol. The molecule has 3 aromatic rings. The Morgan fingerprint density at radius 2 is 2.13 bits per heavy atom. The van der Waals surface area contributed by atoms with Crippen LogP contribution in [0, 0.1) is 6.92 Å². The Bertz CT molecular complexity index is 1190. The van der Waals surface area contributed by atoms with Crippen LogP contribution in [0.5, 0.6) is 11.5 Å². The third-order valence-electron chi connectivity index (χ3n) is 4.98. The number of allylic oxidation sites excluding steroid dienone is 1. The molecule has 1 aromatic heterocycles. The van der Waals surface area contributed by atoms with Gasteiger partial charge in [-0.1, -0.05) is 12.1 Å². The molecule has 0 radical (unpaired) electrons. The number of rotatable bonds is 5. The molecule has 2 heterocycles. The highest BCUT2D eigenvalue weighted by molar-refractivity contribution is 9.10. The number of phenolic OH excluding ortho intramolecular Hbond substituents is 1. The van der Waals surface area contributed by atoms with E-state index in [1.54, 1.807) is 16.8 Å². The molecule has 2 aromatic carbocycles. The van der Waals surface area contributed by atoms with Crippen molar-refractivity contribution in [3.8, 4) is 11.5 Å². The first-order valence-corrected chi connectivity index (χ1v) is 10.6. The van der Waals surface area contributed by atoms with Crippen molar-refractivity contribution in [2.24, 2.45) is 0 Å². The molecule has 160 valence electrons. The molecule has 1 aliphatic heterocycles. The number of aryl methyl sites for hydroxylation is 1. The molecular weight excluding hydrogens is 462 g/mol. The first kappa shape index (κ1) is 20.9. The van der Waals surface area contributed by atoms with Gasteiger partial charge in [0.2, 0.25) is 5.95 Å². The second-order valence-corrected chi connectivity index (χ2v) is 8.05. The van der Waals surface area contributed by atoms with Crippen LogP contribution < -0.4 is 15.4 Å². The number of halogens is 1. The van der Waals surface area contributed by atoms with Gasteiger partial charge in [0.15, 0.2) is 11.5 Å². The standard InChI is InChI=1S/C22H22BrN5O3/c1-4-31-17-10-14(9-16(23)20(17)29)19-18(13(3)26-22-24-11-25-28(19)22)21(30)27-15-7-5-6-12(2)8-15/h5-11,19,29H,4H2,1-3H3,(H,27,30)(H,24,25,26). The highest BCUT2D eigenvalue weighted by atomic mass is 79.9. The smallest absolute Gasteiger partial charge is 0.255 e. The number of anilines is 2. The summed E-state index contributed by atoms with van der Waals surface area (Å²) in [6, 6.07) is 10.5. The largest absolute Gasteiger partial charge is 0.503 e. The number of hydrogen-bond acceptors (Lipinski definition) is 6. The third kappa shape index (κ3) is 4.00. The fourth-order valence-electron chi connectivity index (χ4n) is 3.63. The van der Waals surface area contributed by atoms with E-state index < -0.39 is 6.04 Å². The molecule has 9 heteroatoms. The molecule has 0 saturated carbocycles. The molecule has 0 fully saturated rings. The van der Waals surface area contributed by atoms with Crippen LogP contribution in [0.25, 0.3) is 0 Å². The van der Waals surface area contributed by atoms with Crippen molar-refractivity contribution < 1.29 is 14.6 Å². The number of aromatic nitrogens is 3. The van der Waals surface area contributed by atoms with Crippen molar-refractivity contribution >= 4 is 33.5 Å². The van der Waals surface area contributed by atoms with Crippen LogP contribution in [0.2, 0.25) is 0 Å². The molecule has 1 unspecified atom stereocenters. The Morgan fingerprint density at radius 1 is 1.32 bits per heavy atom. The number of phenols is 1. The van der Waals surface area contributed by atoms with Crippen molar-refractivity contribution in [3.63, 3.8) is 0 Å². The van der Waals surface area contributed by atoms with E-state index in [-0.39, 0.29) is 11.7 Å². The topological polar surface area (TPSA) is 101 Å². The second kappa shape index (κ2) is 8.43.